The average Bonchev–Trinajstić information content (AvgIpc) is 3.33. The summed E-state index contributed by atoms with van der Waals surface area (Å²) in [6.07, 6.45) is 7.24. The van der Waals surface area contributed by atoms with Gasteiger partial charge in [0, 0.05) is 19.6 Å². The zero-order valence-electron chi connectivity index (χ0n) is 16.0. The van der Waals surface area contributed by atoms with E-state index in [-0.39, 0.29) is 12.6 Å². The molecule has 6 nitrogen and oxygen atoms in total. The number of aryl methyl sites for hydroxylation is 2. The van der Waals surface area contributed by atoms with Gasteiger partial charge < -0.3 is 10.4 Å². The highest BCUT2D eigenvalue weighted by molar-refractivity contribution is 5.86. The Morgan fingerprint density at radius 2 is 1.93 bits per heavy atom. The molecule has 1 aromatic carbocycles. The fourth-order valence-corrected chi connectivity index (χ4v) is 3.93. The molecule has 4 rings (SSSR count). The van der Waals surface area contributed by atoms with E-state index in [1.165, 1.54) is 18.4 Å². The number of benzene rings is 1. The third-order valence-corrected chi connectivity index (χ3v) is 5.54. The normalized spacial score (nSPS) is 16.1. The molecule has 6 heteroatoms. The van der Waals surface area contributed by atoms with Crippen molar-refractivity contribution in [2.45, 2.75) is 51.0 Å². The second-order valence-corrected chi connectivity index (χ2v) is 7.54. The van der Waals surface area contributed by atoms with Gasteiger partial charge in [0.2, 0.25) is 0 Å². The van der Waals surface area contributed by atoms with Crippen LogP contribution in [0.15, 0.2) is 30.5 Å². The monoisotopic (exact) mass is 365 g/mol. The largest absolute Gasteiger partial charge is 0.396 e. The van der Waals surface area contributed by atoms with Crippen molar-refractivity contribution in [3.05, 3.63) is 47.4 Å². The molecule has 2 aromatic heterocycles. The van der Waals surface area contributed by atoms with Gasteiger partial charge >= 0.3 is 0 Å². The van der Waals surface area contributed by atoms with Crippen LogP contribution in [0.1, 0.15) is 61.0 Å². The van der Waals surface area contributed by atoms with Gasteiger partial charge in [-0.05, 0) is 31.7 Å². The van der Waals surface area contributed by atoms with Gasteiger partial charge in [-0.2, -0.15) is 5.10 Å². The van der Waals surface area contributed by atoms with Crippen molar-refractivity contribution in [3.8, 4) is 0 Å². The lowest BCUT2D eigenvalue weighted by Crippen LogP contribution is -2.15. The maximum atomic E-state index is 9.59. The summed E-state index contributed by atoms with van der Waals surface area (Å²) < 4.78 is 1.81. The summed E-state index contributed by atoms with van der Waals surface area (Å²) in [6.45, 7) is 2.19. The van der Waals surface area contributed by atoms with Gasteiger partial charge in [0.05, 0.1) is 17.6 Å². The van der Waals surface area contributed by atoms with Crippen LogP contribution < -0.4 is 5.32 Å². The molecule has 0 aliphatic heterocycles. The minimum Gasteiger partial charge on any atom is -0.396 e. The lowest BCUT2D eigenvalue weighted by Gasteiger charge is -2.20. The van der Waals surface area contributed by atoms with Crippen LogP contribution in [0.5, 0.6) is 0 Å². The molecule has 1 atom stereocenters. The fourth-order valence-electron chi connectivity index (χ4n) is 3.93. The molecule has 0 amide bonds. The number of hydrogen-bond donors (Lipinski definition) is 2. The molecule has 2 N–H and O–H groups in total. The van der Waals surface area contributed by atoms with E-state index in [0.717, 1.165) is 41.1 Å². The molecule has 1 aliphatic carbocycles. The third kappa shape index (κ3) is 3.67. The summed E-state index contributed by atoms with van der Waals surface area (Å²) in [5.74, 6) is 2.16. The average molecular weight is 365 g/mol. The molecular weight excluding hydrogens is 338 g/mol. The van der Waals surface area contributed by atoms with Gasteiger partial charge in [-0.25, -0.2) is 9.97 Å². The molecule has 142 valence electrons. The van der Waals surface area contributed by atoms with Crippen LogP contribution in [-0.2, 0) is 7.05 Å². The molecule has 27 heavy (non-hydrogen) atoms. The Balaban J connectivity index is 1.73. The standard InChI is InChI=1S/C21H27N5O/c1-14-7-9-15(10-8-14)18(11-12-27)23-20-17-13-22-26(2)21(17)25-19(24-20)16-5-3-4-6-16/h7-10,13,16,18,27H,3-6,11-12H2,1-2H3,(H,23,24,25)/t18-/m0/s1. The smallest absolute Gasteiger partial charge is 0.163 e. The first-order valence-electron chi connectivity index (χ1n) is 9.79. The quantitative estimate of drug-likeness (QED) is 0.694. The van der Waals surface area contributed by atoms with Gasteiger partial charge in [0.25, 0.3) is 0 Å². The van der Waals surface area contributed by atoms with Crippen molar-refractivity contribution >= 4 is 16.9 Å². The lowest BCUT2D eigenvalue weighted by atomic mass is 10.0. The number of fused-ring (bicyclic) bond motifs is 1. The van der Waals surface area contributed by atoms with Crippen LogP contribution in [0, 0.1) is 6.92 Å². The predicted octanol–water partition coefficient (Wildman–Crippen LogP) is 3.86. The van der Waals surface area contributed by atoms with E-state index in [1.807, 2.05) is 17.9 Å². The maximum Gasteiger partial charge on any atom is 0.163 e. The minimum atomic E-state index is -0.00895. The SMILES string of the molecule is Cc1ccc([C@H](CCO)Nc2nc(C3CCCC3)nc3c2cnn3C)cc1. The number of aromatic nitrogens is 4. The number of nitrogens with one attached hydrogen (secondary N) is 1. The topological polar surface area (TPSA) is 75.9 Å². The number of aliphatic hydroxyl groups is 1. The fraction of sp³-hybridized carbons (Fsp3) is 0.476. The number of rotatable bonds is 6. The van der Waals surface area contributed by atoms with Crippen LogP contribution >= 0.6 is 0 Å². The van der Waals surface area contributed by atoms with Gasteiger partial charge in [-0.3, -0.25) is 4.68 Å². The molecule has 1 aliphatic rings. The highest BCUT2D eigenvalue weighted by Gasteiger charge is 2.23. The Morgan fingerprint density at radius 1 is 1.19 bits per heavy atom. The van der Waals surface area contributed by atoms with Gasteiger partial charge in [-0.15, -0.1) is 0 Å². The molecular formula is C21H27N5O. The summed E-state index contributed by atoms with van der Waals surface area (Å²) in [5.41, 5.74) is 3.23. The van der Waals surface area contributed by atoms with E-state index >= 15 is 0 Å². The highest BCUT2D eigenvalue weighted by atomic mass is 16.3. The lowest BCUT2D eigenvalue weighted by molar-refractivity contribution is 0.280. The number of anilines is 1. The van der Waals surface area contributed by atoms with Crippen LogP contribution in [0.25, 0.3) is 11.0 Å². The van der Waals surface area contributed by atoms with Crippen molar-refractivity contribution in [2.75, 3.05) is 11.9 Å². The first kappa shape index (κ1) is 17.9. The number of nitrogens with zero attached hydrogens (tertiary/aromatic N) is 4. The van der Waals surface area contributed by atoms with Gasteiger partial charge in [0.1, 0.15) is 11.6 Å². The zero-order valence-corrected chi connectivity index (χ0v) is 16.0. The van der Waals surface area contributed by atoms with Gasteiger partial charge in [-0.1, -0.05) is 42.7 Å². The molecule has 0 radical (unpaired) electrons. The van der Waals surface area contributed by atoms with Crippen molar-refractivity contribution in [1.82, 2.24) is 19.7 Å². The third-order valence-electron chi connectivity index (χ3n) is 5.54. The molecule has 3 aromatic rings. The van der Waals surface area contributed by atoms with Crippen LogP contribution in [0.4, 0.5) is 5.82 Å². The molecule has 0 spiro atoms. The molecule has 0 bridgehead atoms. The minimum absolute atomic E-state index is 0.00895. The van der Waals surface area contributed by atoms with E-state index in [1.54, 1.807) is 0 Å². The number of hydrogen-bond acceptors (Lipinski definition) is 5. The second kappa shape index (κ2) is 7.64. The van der Waals surface area contributed by atoms with E-state index in [2.05, 4.69) is 41.6 Å². The maximum absolute atomic E-state index is 9.59. The number of aliphatic hydroxyl groups excluding tert-OH is 1. The summed E-state index contributed by atoms with van der Waals surface area (Å²) in [4.78, 5) is 9.72. The van der Waals surface area contributed by atoms with Crippen LogP contribution in [-0.4, -0.2) is 31.5 Å². The zero-order chi connectivity index (χ0) is 18.8. The summed E-state index contributed by atoms with van der Waals surface area (Å²) >= 11 is 0. The Labute approximate surface area is 159 Å². The molecule has 0 saturated heterocycles. The highest BCUT2D eigenvalue weighted by Crippen LogP contribution is 2.35. The van der Waals surface area contributed by atoms with Crippen LogP contribution in [0.2, 0.25) is 0 Å². The Bertz CT molecular complexity index is 912. The van der Waals surface area contributed by atoms with E-state index in [9.17, 15) is 5.11 Å². The summed E-state index contributed by atoms with van der Waals surface area (Å²) in [7, 11) is 1.92. The van der Waals surface area contributed by atoms with Crippen LogP contribution in [0.3, 0.4) is 0 Å². The summed E-state index contributed by atoms with van der Waals surface area (Å²) in [6, 6.07) is 8.42. The molecule has 0 unspecified atom stereocenters. The van der Waals surface area contributed by atoms with Crippen molar-refractivity contribution < 1.29 is 5.11 Å². The van der Waals surface area contributed by atoms with Gasteiger partial charge in [0.15, 0.2) is 5.65 Å². The van der Waals surface area contributed by atoms with Crippen molar-refractivity contribution in [3.63, 3.8) is 0 Å². The Morgan fingerprint density at radius 3 is 2.63 bits per heavy atom. The summed E-state index contributed by atoms with van der Waals surface area (Å²) in [5, 5.41) is 18.5. The molecule has 2 heterocycles. The van der Waals surface area contributed by atoms with Crippen molar-refractivity contribution in [1.29, 1.82) is 0 Å². The van der Waals surface area contributed by atoms with Crippen molar-refractivity contribution in [2.24, 2.45) is 7.05 Å². The molecule has 1 fully saturated rings. The Hall–Kier alpha value is -2.47. The van der Waals surface area contributed by atoms with E-state index < -0.39 is 0 Å². The van der Waals surface area contributed by atoms with E-state index in [0.29, 0.717) is 12.3 Å². The predicted molar refractivity (Wildman–Crippen MR) is 107 cm³/mol. The second-order valence-electron chi connectivity index (χ2n) is 7.54. The van der Waals surface area contributed by atoms with E-state index in [4.69, 9.17) is 9.97 Å². The molecule has 1 saturated carbocycles. The Kier molecular flexibility index (Phi) is 5.07. The first-order valence-corrected chi connectivity index (χ1v) is 9.79. The first-order chi connectivity index (χ1) is 13.2.